The number of nitrogens with zero attached hydrogens (tertiary/aromatic N) is 1. The number of carbonyl (C=O) groups excluding carboxylic acids is 3. The van der Waals surface area contributed by atoms with E-state index < -0.39 is 23.7 Å². The highest BCUT2D eigenvalue weighted by molar-refractivity contribution is 6.47. The van der Waals surface area contributed by atoms with Gasteiger partial charge in [-0.1, -0.05) is 72.8 Å². The van der Waals surface area contributed by atoms with E-state index in [-0.39, 0.29) is 30.7 Å². The van der Waals surface area contributed by atoms with Crippen molar-refractivity contribution in [3.8, 4) is 0 Å². The molecule has 1 amide bonds. The summed E-state index contributed by atoms with van der Waals surface area (Å²) in [5.41, 5.74) is 1.28. The number of aliphatic carboxylic acids is 1. The smallest absolute Gasteiger partial charge is 0.295 e. The minimum absolute atomic E-state index is 0.0122. The standard InChI is InChI=1S/C23H21NO5/c25-19(26)12-7-15-24-18(14-13-16-8-3-1-4-9-16)20(22(28)23(24)29)21(27)17-10-5-2-6-11-17/h1-6,8-11,13-14,18,27H,7,12,15H2,(H,25,26)/p-1/b14-13+,21-20?/t18-/m0/s1. The lowest BCUT2D eigenvalue weighted by atomic mass is 10.00. The van der Waals surface area contributed by atoms with Crippen LogP contribution in [0.1, 0.15) is 24.0 Å². The number of aliphatic hydroxyl groups is 1. The van der Waals surface area contributed by atoms with Gasteiger partial charge in [-0.15, -0.1) is 0 Å². The van der Waals surface area contributed by atoms with Gasteiger partial charge in [-0.05, 0) is 18.4 Å². The maximum absolute atomic E-state index is 12.7. The van der Waals surface area contributed by atoms with E-state index in [1.165, 1.54) is 4.90 Å². The van der Waals surface area contributed by atoms with Gasteiger partial charge in [0.1, 0.15) is 5.76 Å². The molecule has 0 bridgehead atoms. The largest absolute Gasteiger partial charge is 0.550 e. The molecule has 0 unspecified atom stereocenters. The van der Waals surface area contributed by atoms with Crippen molar-refractivity contribution < 1.29 is 24.6 Å². The Morgan fingerprint density at radius 1 is 1.03 bits per heavy atom. The van der Waals surface area contributed by atoms with Crippen LogP contribution in [0.25, 0.3) is 11.8 Å². The third-order valence-electron chi connectivity index (χ3n) is 4.68. The molecule has 0 saturated carbocycles. The fourth-order valence-electron chi connectivity index (χ4n) is 3.26. The number of rotatable bonds is 7. The Morgan fingerprint density at radius 2 is 1.66 bits per heavy atom. The highest BCUT2D eigenvalue weighted by Crippen LogP contribution is 2.30. The monoisotopic (exact) mass is 390 g/mol. The highest BCUT2D eigenvalue weighted by atomic mass is 16.4. The molecule has 0 spiro atoms. The summed E-state index contributed by atoms with van der Waals surface area (Å²) in [6, 6.07) is 17.1. The van der Waals surface area contributed by atoms with Crippen LogP contribution in [0.2, 0.25) is 0 Å². The summed E-state index contributed by atoms with van der Waals surface area (Å²) >= 11 is 0. The van der Waals surface area contributed by atoms with E-state index in [0.717, 1.165) is 5.56 Å². The van der Waals surface area contributed by atoms with Crippen molar-refractivity contribution in [2.45, 2.75) is 18.9 Å². The lowest BCUT2D eigenvalue weighted by Gasteiger charge is -2.22. The molecule has 2 aromatic carbocycles. The second-order valence-electron chi connectivity index (χ2n) is 6.65. The maximum Gasteiger partial charge on any atom is 0.295 e. The lowest BCUT2D eigenvalue weighted by molar-refractivity contribution is -0.305. The van der Waals surface area contributed by atoms with E-state index in [9.17, 15) is 24.6 Å². The Morgan fingerprint density at radius 3 is 2.28 bits per heavy atom. The third kappa shape index (κ3) is 4.60. The van der Waals surface area contributed by atoms with Crippen molar-refractivity contribution in [2.75, 3.05) is 6.54 Å². The molecule has 6 nitrogen and oxygen atoms in total. The molecular weight excluding hydrogens is 370 g/mol. The van der Waals surface area contributed by atoms with Crippen LogP contribution in [0, 0.1) is 0 Å². The number of carbonyl (C=O) groups is 3. The molecule has 3 rings (SSSR count). The van der Waals surface area contributed by atoms with E-state index >= 15 is 0 Å². The number of benzene rings is 2. The van der Waals surface area contributed by atoms with E-state index in [0.29, 0.717) is 5.56 Å². The van der Waals surface area contributed by atoms with Crippen LogP contribution in [-0.4, -0.2) is 40.3 Å². The average molecular weight is 390 g/mol. The minimum atomic E-state index is -1.22. The van der Waals surface area contributed by atoms with Crippen molar-refractivity contribution in [3.63, 3.8) is 0 Å². The summed E-state index contributed by atoms with van der Waals surface area (Å²) in [4.78, 5) is 37.3. The van der Waals surface area contributed by atoms with Gasteiger partial charge < -0.3 is 19.9 Å². The predicted molar refractivity (Wildman–Crippen MR) is 106 cm³/mol. The SMILES string of the molecule is O=C([O-])CCCN1C(=O)C(=O)C(=C(O)c2ccccc2)[C@@H]1/C=C/c1ccccc1. The van der Waals surface area contributed by atoms with E-state index in [2.05, 4.69) is 0 Å². The molecule has 1 atom stereocenters. The van der Waals surface area contributed by atoms with Gasteiger partial charge in [-0.25, -0.2) is 0 Å². The van der Waals surface area contributed by atoms with Crippen LogP contribution in [0.5, 0.6) is 0 Å². The highest BCUT2D eigenvalue weighted by Gasteiger charge is 2.43. The zero-order chi connectivity index (χ0) is 20.8. The normalized spacial score (nSPS) is 18.5. The van der Waals surface area contributed by atoms with Gasteiger partial charge in [-0.3, -0.25) is 9.59 Å². The predicted octanol–water partition coefficient (Wildman–Crippen LogP) is 1.98. The molecule has 0 radical (unpaired) electrons. The summed E-state index contributed by atoms with van der Waals surface area (Å²) in [7, 11) is 0. The quantitative estimate of drug-likeness (QED) is 0.443. The van der Waals surface area contributed by atoms with Gasteiger partial charge in [-0.2, -0.15) is 0 Å². The molecule has 1 N–H and O–H groups in total. The van der Waals surface area contributed by atoms with Gasteiger partial charge in [0.05, 0.1) is 11.6 Å². The first kappa shape index (κ1) is 20.1. The topological polar surface area (TPSA) is 97.7 Å². The van der Waals surface area contributed by atoms with E-state index in [1.807, 2.05) is 30.3 Å². The van der Waals surface area contributed by atoms with Crippen molar-refractivity contribution in [2.24, 2.45) is 0 Å². The first-order valence-corrected chi connectivity index (χ1v) is 9.26. The van der Waals surface area contributed by atoms with E-state index in [4.69, 9.17) is 0 Å². The summed E-state index contributed by atoms with van der Waals surface area (Å²) in [5, 5.41) is 21.5. The summed E-state index contributed by atoms with van der Waals surface area (Å²) in [5.74, 6) is -3.03. The van der Waals surface area contributed by atoms with Gasteiger partial charge in [0.2, 0.25) is 0 Å². The molecule has 29 heavy (non-hydrogen) atoms. The molecule has 148 valence electrons. The van der Waals surface area contributed by atoms with Gasteiger partial charge in [0.15, 0.2) is 0 Å². The van der Waals surface area contributed by atoms with Crippen LogP contribution >= 0.6 is 0 Å². The Bertz CT molecular complexity index is 963. The molecule has 1 saturated heterocycles. The number of Topliss-reactive ketones (excluding diaryl/α,β-unsaturated/α-hetero) is 1. The fraction of sp³-hybridized carbons (Fsp3) is 0.174. The summed E-state index contributed by atoms with van der Waals surface area (Å²) in [6.07, 6.45) is 3.36. The fourth-order valence-corrected chi connectivity index (χ4v) is 3.26. The van der Waals surface area contributed by atoms with Crippen molar-refractivity contribution in [1.29, 1.82) is 0 Å². The number of carboxylic acids is 1. The van der Waals surface area contributed by atoms with E-state index in [1.54, 1.807) is 42.5 Å². The first-order chi connectivity index (χ1) is 14.0. The molecule has 0 aliphatic carbocycles. The average Bonchev–Trinajstić information content (AvgIpc) is 2.97. The molecular formula is C23H20NO5-. The molecule has 1 heterocycles. The molecule has 0 aromatic heterocycles. The Kier molecular flexibility index (Phi) is 6.24. The zero-order valence-electron chi connectivity index (χ0n) is 15.7. The Labute approximate surface area is 168 Å². The van der Waals surface area contributed by atoms with Crippen LogP contribution in [0.15, 0.2) is 72.3 Å². The number of aliphatic hydroxyl groups excluding tert-OH is 1. The third-order valence-corrected chi connectivity index (χ3v) is 4.68. The summed E-state index contributed by atoms with van der Waals surface area (Å²) < 4.78 is 0. The number of hydrogen-bond donors (Lipinski definition) is 1. The number of ketones is 1. The second-order valence-corrected chi connectivity index (χ2v) is 6.65. The minimum Gasteiger partial charge on any atom is -0.550 e. The molecule has 2 aromatic rings. The maximum atomic E-state index is 12.7. The molecule has 1 aliphatic heterocycles. The van der Waals surface area contributed by atoms with Crippen LogP contribution in [-0.2, 0) is 14.4 Å². The zero-order valence-corrected chi connectivity index (χ0v) is 15.7. The number of likely N-dealkylation sites (tertiary alicyclic amines) is 1. The number of amides is 1. The van der Waals surface area contributed by atoms with Gasteiger partial charge in [0.25, 0.3) is 11.7 Å². The number of carboxylic acid groups (broad SMARTS) is 1. The van der Waals surface area contributed by atoms with Crippen molar-refractivity contribution in [3.05, 3.63) is 83.4 Å². The van der Waals surface area contributed by atoms with Crippen LogP contribution < -0.4 is 5.11 Å². The van der Waals surface area contributed by atoms with Crippen molar-refractivity contribution in [1.82, 2.24) is 4.90 Å². The van der Waals surface area contributed by atoms with Gasteiger partial charge >= 0.3 is 0 Å². The van der Waals surface area contributed by atoms with Crippen LogP contribution in [0.4, 0.5) is 0 Å². The first-order valence-electron chi connectivity index (χ1n) is 9.26. The molecule has 1 aliphatic rings. The summed E-state index contributed by atoms with van der Waals surface area (Å²) in [6.45, 7) is 0.0634. The van der Waals surface area contributed by atoms with Gasteiger partial charge in [0, 0.05) is 18.1 Å². The Hall–Kier alpha value is -3.67. The Balaban J connectivity index is 2.00. The van der Waals surface area contributed by atoms with Crippen molar-refractivity contribution >= 4 is 29.5 Å². The lowest BCUT2D eigenvalue weighted by Crippen LogP contribution is -2.35. The molecule has 1 fully saturated rings. The van der Waals surface area contributed by atoms with Crippen LogP contribution in [0.3, 0.4) is 0 Å². The number of hydrogen-bond acceptors (Lipinski definition) is 5. The second kappa shape index (κ2) is 9.01. The molecule has 6 heteroatoms.